The summed E-state index contributed by atoms with van der Waals surface area (Å²) in [5, 5.41) is 0. The lowest BCUT2D eigenvalue weighted by Gasteiger charge is -2.13. The molecule has 3 heteroatoms. The molecular formula is C18H23NO2. The highest BCUT2D eigenvalue weighted by atomic mass is 16.5. The van der Waals surface area contributed by atoms with Gasteiger partial charge in [-0.1, -0.05) is 24.3 Å². The smallest absolute Gasteiger partial charge is 0.119 e. The van der Waals surface area contributed by atoms with Crippen LogP contribution < -0.4 is 15.2 Å². The number of rotatable bonds is 7. The van der Waals surface area contributed by atoms with Gasteiger partial charge in [-0.3, -0.25) is 0 Å². The zero-order valence-electron chi connectivity index (χ0n) is 12.7. The van der Waals surface area contributed by atoms with Gasteiger partial charge in [0.25, 0.3) is 0 Å². The molecule has 0 radical (unpaired) electrons. The Morgan fingerprint density at radius 2 is 1.67 bits per heavy atom. The molecule has 0 aliphatic carbocycles. The Kier molecular flexibility index (Phi) is 5.64. The van der Waals surface area contributed by atoms with E-state index < -0.39 is 0 Å². The molecule has 0 fully saturated rings. The van der Waals surface area contributed by atoms with E-state index in [1.165, 1.54) is 11.1 Å². The summed E-state index contributed by atoms with van der Waals surface area (Å²) in [7, 11) is 1.67. The van der Waals surface area contributed by atoms with Crippen LogP contribution in [0.3, 0.4) is 0 Å². The third-order valence-electron chi connectivity index (χ3n) is 3.36. The van der Waals surface area contributed by atoms with Crippen LogP contribution in [0.2, 0.25) is 0 Å². The summed E-state index contributed by atoms with van der Waals surface area (Å²) in [5.41, 5.74) is 8.70. The molecule has 0 spiro atoms. The molecule has 2 rings (SSSR count). The average Bonchev–Trinajstić information content (AvgIpc) is 2.48. The molecule has 0 aliphatic rings. The average molecular weight is 285 g/mol. The van der Waals surface area contributed by atoms with Crippen molar-refractivity contribution in [3.63, 3.8) is 0 Å². The van der Waals surface area contributed by atoms with Gasteiger partial charge in [-0.25, -0.2) is 0 Å². The van der Waals surface area contributed by atoms with E-state index in [1.807, 2.05) is 31.2 Å². The van der Waals surface area contributed by atoms with Crippen molar-refractivity contribution in [2.24, 2.45) is 5.73 Å². The predicted octanol–water partition coefficient (Wildman–Crippen LogP) is 3.21. The van der Waals surface area contributed by atoms with E-state index in [9.17, 15) is 0 Å². The van der Waals surface area contributed by atoms with E-state index in [-0.39, 0.29) is 6.04 Å². The van der Waals surface area contributed by atoms with Crippen LogP contribution in [-0.2, 0) is 12.8 Å². The molecule has 0 heterocycles. The van der Waals surface area contributed by atoms with Gasteiger partial charge in [0.05, 0.1) is 13.7 Å². The summed E-state index contributed by atoms with van der Waals surface area (Å²) in [6.45, 7) is 2.67. The molecule has 0 aromatic heterocycles. The van der Waals surface area contributed by atoms with Crippen molar-refractivity contribution in [2.75, 3.05) is 13.7 Å². The maximum Gasteiger partial charge on any atom is 0.119 e. The summed E-state index contributed by atoms with van der Waals surface area (Å²) in [4.78, 5) is 0. The monoisotopic (exact) mass is 285 g/mol. The summed E-state index contributed by atoms with van der Waals surface area (Å²) < 4.78 is 10.7. The highest BCUT2D eigenvalue weighted by Crippen LogP contribution is 2.16. The van der Waals surface area contributed by atoms with Gasteiger partial charge in [-0.15, -0.1) is 0 Å². The van der Waals surface area contributed by atoms with E-state index in [0.29, 0.717) is 6.61 Å². The fourth-order valence-electron chi connectivity index (χ4n) is 2.37. The van der Waals surface area contributed by atoms with E-state index in [2.05, 4.69) is 24.3 Å². The van der Waals surface area contributed by atoms with Crippen molar-refractivity contribution in [3.8, 4) is 11.5 Å². The Labute approximate surface area is 126 Å². The molecule has 2 aromatic carbocycles. The van der Waals surface area contributed by atoms with Crippen LogP contribution in [0.15, 0.2) is 48.5 Å². The molecule has 0 saturated heterocycles. The van der Waals surface area contributed by atoms with Gasteiger partial charge < -0.3 is 15.2 Å². The summed E-state index contributed by atoms with van der Waals surface area (Å²) >= 11 is 0. The van der Waals surface area contributed by atoms with Crippen molar-refractivity contribution in [3.05, 3.63) is 59.7 Å². The first-order chi connectivity index (χ1) is 10.2. The molecule has 3 nitrogen and oxygen atoms in total. The highest BCUT2D eigenvalue weighted by Gasteiger charge is 2.07. The van der Waals surface area contributed by atoms with Gasteiger partial charge in [0.1, 0.15) is 11.5 Å². The van der Waals surface area contributed by atoms with Crippen LogP contribution in [0, 0.1) is 0 Å². The number of methoxy groups -OCH3 is 1. The van der Waals surface area contributed by atoms with Gasteiger partial charge in [-0.05, 0) is 55.2 Å². The van der Waals surface area contributed by atoms with E-state index in [1.54, 1.807) is 7.11 Å². The van der Waals surface area contributed by atoms with Gasteiger partial charge in [0.2, 0.25) is 0 Å². The van der Waals surface area contributed by atoms with Crippen molar-refractivity contribution >= 4 is 0 Å². The molecule has 1 atom stereocenters. The van der Waals surface area contributed by atoms with Gasteiger partial charge in [0, 0.05) is 6.04 Å². The second kappa shape index (κ2) is 7.70. The molecule has 0 saturated carbocycles. The lowest BCUT2D eigenvalue weighted by atomic mass is 9.99. The Morgan fingerprint density at radius 1 is 0.952 bits per heavy atom. The zero-order valence-corrected chi connectivity index (χ0v) is 12.7. The number of hydrogen-bond acceptors (Lipinski definition) is 3. The first kappa shape index (κ1) is 15.4. The Morgan fingerprint density at radius 3 is 2.33 bits per heavy atom. The van der Waals surface area contributed by atoms with Crippen molar-refractivity contribution in [1.29, 1.82) is 0 Å². The SMILES string of the molecule is CCOc1cccc(CC(N)Cc2ccc(OC)cc2)c1. The second-order valence-electron chi connectivity index (χ2n) is 5.10. The van der Waals surface area contributed by atoms with Crippen LogP contribution >= 0.6 is 0 Å². The largest absolute Gasteiger partial charge is 0.497 e. The first-order valence-electron chi connectivity index (χ1n) is 7.31. The van der Waals surface area contributed by atoms with Crippen LogP contribution in [0.5, 0.6) is 11.5 Å². The Bertz CT molecular complexity index is 551. The molecule has 0 amide bonds. The van der Waals surface area contributed by atoms with Gasteiger partial charge >= 0.3 is 0 Å². The Balaban J connectivity index is 1.94. The minimum atomic E-state index is 0.0928. The standard InChI is InChI=1S/C18H23NO2/c1-3-21-18-6-4-5-15(13-18)12-16(19)11-14-7-9-17(20-2)10-8-14/h4-10,13,16H,3,11-12,19H2,1-2H3. The summed E-state index contributed by atoms with van der Waals surface area (Å²) in [6.07, 6.45) is 1.69. The van der Waals surface area contributed by atoms with Gasteiger partial charge in [0.15, 0.2) is 0 Å². The highest BCUT2D eigenvalue weighted by molar-refractivity contribution is 5.30. The van der Waals surface area contributed by atoms with Gasteiger partial charge in [-0.2, -0.15) is 0 Å². The zero-order chi connectivity index (χ0) is 15.1. The van der Waals surface area contributed by atoms with Crippen LogP contribution in [0.1, 0.15) is 18.1 Å². The number of ether oxygens (including phenoxy) is 2. The molecule has 0 aliphatic heterocycles. The minimum Gasteiger partial charge on any atom is -0.497 e. The predicted molar refractivity (Wildman–Crippen MR) is 86.0 cm³/mol. The van der Waals surface area contributed by atoms with Crippen molar-refractivity contribution in [1.82, 2.24) is 0 Å². The third kappa shape index (κ3) is 4.80. The van der Waals surface area contributed by atoms with Crippen LogP contribution in [0.4, 0.5) is 0 Å². The topological polar surface area (TPSA) is 44.5 Å². The fraction of sp³-hybridized carbons (Fsp3) is 0.333. The second-order valence-corrected chi connectivity index (χ2v) is 5.10. The van der Waals surface area contributed by atoms with E-state index >= 15 is 0 Å². The molecule has 2 aromatic rings. The molecule has 21 heavy (non-hydrogen) atoms. The van der Waals surface area contributed by atoms with Crippen LogP contribution in [0.25, 0.3) is 0 Å². The molecule has 112 valence electrons. The minimum absolute atomic E-state index is 0.0928. The summed E-state index contributed by atoms with van der Waals surface area (Å²) in [5.74, 6) is 1.78. The lowest BCUT2D eigenvalue weighted by molar-refractivity contribution is 0.340. The summed E-state index contributed by atoms with van der Waals surface area (Å²) in [6, 6.07) is 16.3. The lowest BCUT2D eigenvalue weighted by Crippen LogP contribution is -2.25. The quantitative estimate of drug-likeness (QED) is 0.849. The van der Waals surface area contributed by atoms with Crippen molar-refractivity contribution < 1.29 is 9.47 Å². The van der Waals surface area contributed by atoms with E-state index in [0.717, 1.165) is 24.3 Å². The molecule has 2 N–H and O–H groups in total. The first-order valence-corrected chi connectivity index (χ1v) is 7.31. The maximum absolute atomic E-state index is 6.26. The number of benzene rings is 2. The van der Waals surface area contributed by atoms with Crippen molar-refractivity contribution in [2.45, 2.75) is 25.8 Å². The Hall–Kier alpha value is -2.00. The third-order valence-corrected chi connectivity index (χ3v) is 3.36. The molecule has 0 bridgehead atoms. The number of hydrogen-bond donors (Lipinski definition) is 1. The molecular weight excluding hydrogens is 262 g/mol. The molecule has 1 unspecified atom stereocenters. The maximum atomic E-state index is 6.26. The normalized spacial score (nSPS) is 12.0. The number of nitrogens with two attached hydrogens (primary N) is 1. The van der Waals surface area contributed by atoms with E-state index in [4.69, 9.17) is 15.2 Å². The fourth-order valence-corrected chi connectivity index (χ4v) is 2.37. The van der Waals surface area contributed by atoms with Crippen LogP contribution in [-0.4, -0.2) is 19.8 Å².